The van der Waals surface area contributed by atoms with Crippen LogP contribution >= 0.6 is 0 Å². The van der Waals surface area contributed by atoms with E-state index in [1.54, 1.807) is 31.2 Å². The normalized spacial score (nSPS) is 10.7. The molecule has 0 spiro atoms. The van der Waals surface area contributed by atoms with E-state index in [0.29, 0.717) is 17.5 Å². The van der Waals surface area contributed by atoms with Crippen molar-refractivity contribution in [3.8, 4) is 0 Å². The van der Waals surface area contributed by atoms with Crippen molar-refractivity contribution in [1.29, 1.82) is 0 Å². The van der Waals surface area contributed by atoms with Gasteiger partial charge in [-0.05, 0) is 62.1 Å². The standard InChI is InChI=1S/C21H24O6/c1-6-19(24-26-20(22)17-11-7-9-13(2)15(17)4)25-27-21(23)18-12-8-10-14(3)16(18)5/h7-12,19H,6H2,1-5H3. The van der Waals surface area contributed by atoms with Crippen LogP contribution in [0.2, 0.25) is 0 Å². The molecule has 2 rings (SSSR count). The Hall–Kier alpha value is -2.70. The molecule has 0 saturated heterocycles. The lowest BCUT2D eigenvalue weighted by molar-refractivity contribution is -0.420. The highest BCUT2D eigenvalue weighted by molar-refractivity contribution is 5.91. The molecule has 0 bridgehead atoms. The number of carbonyl (C=O) groups excluding carboxylic acids is 2. The average molecular weight is 372 g/mol. The number of carbonyl (C=O) groups is 2. The molecule has 0 heterocycles. The molecule has 0 amide bonds. The fraction of sp³-hybridized carbons (Fsp3) is 0.333. The van der Waals surface area contributed by atoms with Crippen molar-refractivity contribution in [2.24, 2.45) is 0 Å². The molecule has 0 aliphatic carbocycles. The maximum absolute atomic E-state index is 12.2. The van der Waals surface area contributed by atoms with Crippen LogP contribution in [0.5, 0.6) is 0 Å². The molecule has 6 nitrogen and oxygen atoms in total. The summed E-state index contributed by atoms with van der Waals surface area (Å²) in [6.07, 6.45) is -0.728. The van der Waals surface area contributed by atoms with Gasteiger partial charge in [-0.15, -0.1) is 9.78 Å². The molecule has 0 radical (unpaired) electrons. The van der Waals surface area contributed by atoms with Crippen LogP contribution in [0.1, 0.15) is 56.3 Å². The zero-order chi connectivity index (χ0) is 20.0. The Balaban J connectivity index is 1.92. The van der Waals surface area contributed by atoms with E-state index in [4.69, 9.17) is 19.6 Å². The lowest BCUT2D eigenvalue weighted by Crippen LogP contribution is -2.22. The van der Waals surface area contributed by atoms with Gasteiger partial charge in [0.25, 0.3) is 0 Å². The fourth-order valence-corrected chi connectivity index (χ4v) is 2.38. The van der Waals surface area contributed by atoms with Crippen molar-refractivity contribution in [3.05, 3.63) is 69.8 Å². The summed E-state index contributed by atoms with van der Waals surface area (Å²) < 4.78 is 0. The van der Waals surface area contributed by atoms with Gasteiger partial charge >= 0.3 is 11.9 Å². The molecule has 0 saturated carbocycles. The van der Waals surface area contributed by atoms with E-state index in [1.807, 2.05) is 39.8 Å². The number of hydrogen-bond acceptors (Lipinski definition) is 6. The topological polar surface area (TPSA) is 71.1 Å². The zero-order valence-electron chi connectivity index (χ0n) is 16.2. The smallest absolute Gasteiger partial charge is 0.290 e. The summed E-state index contributed by atoms with van der Waals surface area (Å²) in [5.74, 6) is -1.28. The molecule has 0 aliphatic rings. The molecule has 6 heteroatoms. The molecule has 2 aromatic rings. The van der Waals surface area contributed by atoms with Gasteiger partial charge in [0.2, 0.25) is 6.29 Å². The van der Waals surface area contributed by atoms with Crippen LogP contribution in [0.3, 0.4) is 0 Å². The highest BCUT2D eigenvalue weighted by Gasteiger charge is 2.20. The summed E-state index contributed by atoms with van der Waals surface area (Å²) in [5.41, 5.74) is 4.35. The first-order valence-electron chi connectivity index (χ1n) is 8.72. The van der Waals surface area contributed by atoms with E-state index in [0.717, 1.165) is 22.3 Å². The maximum Gasteiger partial charge on any atom is 0.373 e. The Kier molecular flexibility index (Phi) is 7.10. The highest BCUT2D eigenvalue weighted by Crippen LogP contribution is 2.16. The minimum atomic E-state index is -1.03. The van der Waals surface area contributed by atoms with Gasteiger partial charge in [0, 0.05) is 6.42 Å². The van der Waals surface area contributed by atoms with Crippen LogP contribution in [0.15, 0.2) is 36.4 Å². The largest absolute Gasteiger partial charge is 0.373 e. The predicted molar refractivity (Wildman–Crippen MR) is 98.9 cm³/mol. The van der Waals surface area contributed by atoms with Gasteiger partial charge in [0.05, 0.1) is 11.1 Å². The van der Waals surface area contributed by atoms with Gasteiger partial charge < -0.3 is 0 Å². The third-order valence-electron chi connectivity index (χ3n) is 4.44. The van der Waals surface area contributed by atoms with Crippen molar-refractivity contribution >= 4 is 11.9 Å². The Morgan fingerprint density at radius 3 is 1.56 bits per heavy atom. The van der Waals surface area contributed by atoms with Crippen LogP contribution < -0.4 is 0 Å². The van der Waals surface area contributed by atoms with E-state index in [9.17, 15) is 9.59 Å². The van der Waals surface area contributed by atoms with E-state index >= 15 is 0 Å². The molecular weight excluding hydrogens is 348 g/mol. The van der Waals surface area contributed by atoms with Crippen molar-refractivity contribution < 1.29 is 29.1 Å². The monoisotopic (exact) mass is 372 g/mol. The number of rotatable bonds is 7. The molecular formula is C21H24O6. The zero-order valence-corrected chi connectivity index (χ0v) is 16.2. The maximum atomic E-state index is 12.2. The molecule has 2 aromatic carbocycles. The molecule has 0 unspecified atom stereocenters. The van der Waals surface area contributed by atoms with Crippen LogP contribution in [-0.2, 0) is 19.6 Å². The molecule has 144 valence electrons. The molecule has 0 N–H and O–H groups in total. The molecule has 0 atom stereocenters. The second-order valence-electron chi connectivity index (χ2n) is 6.27. The molecule has 0 aliphatic heterocycles. The molecule has 0 fully saturated rings. The van der Waals surface area contributed by atoms with Crippen molar-refractivity contribution in [2.45, 2.75) is 47.3 Å². The second kappa shape index (κ2) is 9.30. The average Bonchev–Trinajstić information content (AvgIpc) is 2.65. The predicted octanol–water partition coefficient (Wildman–Crippen LogP) is 4.53. The van der Waals surface area contributed by atoms with E-state index in [-0.39, 0.29) is 0 Å². The number of benzene rings is 2. The van der Waals surface area contributed by atoms with Crippen molar-refractivity contribution in [2.75, 3.05) is 0 Å². The Morgan fingerprint density at radius 1 is 0.778 bits per heavy atom. The Bertz CT molecular complexity index is 760. The summed E-state index contributed by atoms with van der Waals surface area (Å²) in [7, 11) is 0. The Labute approximate surface area is 158 Å². The summed E-state index contributed by atoms with van der Waals surface area (Å²) >= 11 is 0. The van der Waals surface area contributed by atoms with Gasteiger partial charge in [-0.25, -0.2) is 9.59 Å². The van der Waals surface area contributed by atoms with Crippen molar-refractivity contribution in [1.82, 2.24) is 0 Å². The molecule has 0 aromatic heterocycles. The van der Waals surface area contributed by atoms with E-state index < -0.39 is 18.2 Å². The van der Waals surface area contributed by atoms with Gasteiger partial charge in [-0.3, -0.25) is 9.78 Å². The van der Waals surface area contributed by atoms with Gasteiger partial charge in [0.1, 0.15) is 0 Å². The van der Waals surface area contributed by atoms with E-state index in [1.165, 1.54) is 0 Å². The lowest BCUT2D eigenvalue weighted by Gasteiger charge is -2.14. The first-order chi connectivity index (χ1) is 12.8. The lowest BCUT2D eigenvalue weighted by atomic mass is 10.0. The Morgan fingerprint density at radius 2 is 1.19 bits per heavy atom. The van der Waals surface area contributed by atoms with Crippen LogP contribution in [0.4, 0.5) is 0 Å². The minimum absolute atomic E-state index is 0.306. The fourth-order valence-electron chi connectivity index (χ4n) is 2.38. The third-order valence-corrected chi connectivity index (χ3v) is 4.44. The SMILES string of the molecule is CCC(OOC(=O)c1cccc(C)c1C)OOC(=O)c1cccc(C)c1C. The third kappa shape index (κ3) is 5.15. The minimum Gasteiger partial charge on any atom is -0.290 e. The summed E-state index contributed by atoms with van der Waals surface area (Å²) in [5, 5.41) is 0. The van der Waals surface area contributed by atoms with Crippen molar-refractivity contribution in [3.63, 3.8) is 0 Å². The quantitative estimate of drug-likeness (QED) is 0.404. The van der Waals surface area contributed by atoms with Crippen LogP contribution in [0.25, 0.3) is 0 Å². The van der Waals surface area contributed by atoms with Crippen LogP contribution in [-0.4, -0.2) is 18.2 Å². The first kappa shape index (κ1) is 20.6. The van der Waals surface area contributed by atoms with Gasteiger partial charge in [-0.1, -0.05) is 31.2 Å². The summed E-state index contributed by atoms with van der Waals surface area (Å²) in [6.45, 7) is 9.19. The van der Waals surface area contributed by atoms with Gasteiger partial charge in [0.15, 0.2) is 0 Å². The van der Waals surface area contributed by atoms with Gasteiger partial charge in [-0.2, -0.15) is 0 Å². The number of hydrogen-bond donors (Lipinski definition) is 0. The highest BCUT2D eigenvalue weighted by atomic mass is 17.3. The van der Waals surface area contributed by atoms with Crippen LogP contribution in [0, 0.1) is 27.7 Å². The first-order valence-corrected chi connectivity index (χ1v) is 8.72. The number of aryl methyl sites for hydroxylation is 2. The molecule has 27 heavy (non-hydrogen) atoms. The second-order valence-corrected chi connectivity index (χ2v) is 6.27. The summed E-state index contributed by atoms with van der Waals surface area (Å²) in [4.78, 5) is 44.0. The van der Waals surface area contributed by atoms with E-state index in [2.05, 4.69) is 0 Å². The summed E-state index contributed by atoms with van der Waals surface area (Å²) in [6, 6.07) is 10.6.